The number of pyridine rings is 1. The Balaban J connectivity index is 2.31. The molecule has 0 fully saturated rings. The van der Waals surface area contributed by atoms with E-state index in [0.29, 0.717) is 5.69 Å². The summed E-state index contributed by atoms with van der Waals surface area (Å²) in [5, 5.41) is 2.56. The highest BCUT2D eigenvalue weighted by Crippen LogP contribution is 2.24. The van der Waals surface area contributed by atoms with Gasteiger partial charge in [-0.2, -0.15) is 4.39 Å². The Morgan fingerprint density at radius 2 is 1.90 bits per heavy atom. The van der Waals surface area contributed by atoms with Gasteiger partial charge >= 0.3 is 0 Å². The summed E-state index contributed by atoms with van der Waals surface area (Å²) in [4.78, 5) is 16.9. The zero-order valence-electron chi connectivity index (χ0n) is 11.0. The first-order valence-corrected chi connectivity index (χ1v) is 5.88. The predicted molar refractivity (Wildman–Crippen MR) is 72.9 cm³/mol. The van der Waals surface area contributed by atoms with Crippen molar-refractivity contribution in [2.24, 2.45) is 0 Å². The van der Waals surface area contributed by atoms with Gasteiger partial charge in [0.05, 0.1) is 16.9 Å². The summed E-state index contributed by atoms with van der Waals surface area (Å²) in [6.07, 6.45) is 1.05. The Labute approximate surface area is 115 Å². The topological polar surface area (TPSA) is 45.2 Å². The fraction of sp³-hybridized carbons (Fsp3) is 0.143. The van der Waals surface area contributed by atoms with Gasteiger partial charge in [-0.3, -0.25) is 4.79 Å². The zero-order chi connectivity index (χ0) is 14.7. The fourth-order valence-electron chi connectivity index (χ4n) is 1.75. The van der Waals surface area contributed by atoms with Gasteiger partial charge in [0.2, 0.25) is 5.95 Å². The van der Waals surface area contributed by atoms with E-state index in [-0.39, 0.29) is 5.56 Å². The first-order chi connectivity index (χ1) is 9.50. The molecular weight excluding hydrogens is 264 g/mol. The van der Waals surface area contributed by atoms with Gasteiger partial charge < -0.3 is 10.2 Å². The van der Waals surface area contributed by atoms with Crippen molar-refractivity contribution in [1.29, 1.82) is 0 Å². The summed E-state index contributed by atoms with van der Waals surface area (Å²) in [5.74, 6) is -3.27. The normalized spacial score (nSPS) is 10.2. The van der Waals surface area contributed by atoms with Gasteiger partial charge in [-0.15, -0.1) is 0 Å². The number of hydrogen-bond donors (Lipinski definition) is 1. The number of hydrogen-bond acceptors (Lipinski definition) is 3. The number of benzene rings is 1. The fourth-order valence-corrected chi connectivity index (χ4v) is 1.75. The molecule has 2 aromatic rings. The Kier molecular flexibility index (Phi) is 3.93. The molecule has 0 saturated carbocycles. The van der Waals surface area contributed by atoms with Crippen molar-refractivity contribution >= 4 is 17.3 Å². The van der Waals surface area contributed by atoms with Crippen LogP contribution in [0.1, 0.15) is 10.4 Å². The molecule has 0 radical (unpaired) electrons. The number of nitrogens with zero attached hydrogens (tertiary/aromatic N) is 2. The summed E-state index contributed by atoms with van der Waals surface area (Å²) in [7, 11) is 3.63. The molecule has 1 aromatic heterocycles. The van der Waals surface area contributed by atoms with Crippen molar-refractivity contribution in [2.75, 3.05) is 24.3 Å². The quantitative estimate of drug-likeness (QED) is 0.877. The number of aromatic nitrogens is 1. The zero-order valence-corrected chi connectivity index (χ0v) is 11.0. The standard InChI is InChI=1S/C14H13F2N3O/c1-19(2)11-6-4-3-5-10(11)18-14(20)9-7-8-17-13(16)12(9)15/h3-8H,1-2H3,(H,18,20). The van der Waals surface area contributed by atoms with Gasteiger partial charge in [0.1, 0.15) is 0 Å². The maximum atomic E-state index is 13.5. The van der Waals surface area contributed by atoms with E-state index >= 15 is 0 Å². The molecule has 0 spiro atoms. The lowest BCUT2D eigenvalue weighted by molar-refractivity contribution is 0.102. The van der Waals surface area contributed by atoms with Gasteiger partial charge in [0.25, 0.3) is 5.91 Å². The number of amides is 1. The van der Waals surface area contributed by atoms with Crippen LogP contribution < -0.4 is 10.2 Å². The molecule has 0 unspecified atom stereocenters. The Morgan fingerprint density at radius 3 is 2.60 bits per heavy atom. The number of halogens is 2. The number of para-hydroxylation sites is 2. The van der Waals surface area contributed by atoms with E-state index in [4.69, 9.17) is 0 Å². The third-order valence-electron chi connectivity index (χ3n) is 2.73. The Hall–Kier alpha value is -2.50. The molecule has 0 aliphatic heterocycles. The molecule has 0 atom stereocenters. The summed E-state index contributed by atoms with van der Waals surface area (Å²) in [6, 6.07) is 8.18. The Bertz CT molecular complexity index is 644. The summed E-state index contributed by atoms with van der Waals surface area (Å²) < 4.78 is 26.5. The molecule has 2 rings (SSSR count). The molecule has 0 bridgehead atoms. The van der Waals surface area contributed by atoms with Crippen molar-refractivity contribution in [1.82, 2.24) is 4.98 Å². The highest BCUT2D eigenvalue weighted by molar-refractivity contribution is 6.06. The number of carbonyl (C=O) groups excluding carboxylic acids is 1. The molecule has 0 aliphatic rings. The number of carbonyl (C=O) groups is 1. The lowest BCUT2D eigenvalue weighted by atomic mass is 10.2. The van der Waals surface area contributed by atoms with E-state index in [1.165, 1.54) is 0 Å². The van der Waals surface area contributed by atoms with E-state index in [0.717, 1.165) is 18.0 Å². The van der Waals surface area contributed by atoms with Crippen LogP contribution in [0.15, 0.2) is 36.5 Å². The van der Waals surface area contributed by atoms with Gasteiger partial charge in [0.15, 0.2) is 5.82 Å². The minimum Gasteiger partial charge on any atom is -0.376 e. The van der Waals surface area contributed by atoms with Crippen molar-refractivity contribution in [3.63, 3.8) is 0 Å². The highest BCUT2D eigenvalue weighted by Gasteiger charge is 2.17. The molecule has 1 heterocycles. The van der Waals surface area contributed by atoms with Crippen LogP contribution in [0, 0.1) is 11.8 Å². The minimum absolute atomic E-state index is 0.383. The molecule has 1 amide bonds. The van der Waals surface area contributed by atoms with Crippen LogP contribution in [0.3, 0.4) is 0 Å². The van der Waals surface area contributed by atoms with Crippen LogP contribution in [-0.4, -0.2) is 25.0 Å². The van der Waals surface area contributed by atoms with E-state index in [1.807, 2.05) is 20.2 Å². The van der Waals surface area contributed by atoms with Gasteiger partial charge in [-0.05, 0) is 18.2 Å². The van der Waals surface area contributed by atoms with Crippen molar-refractivity contribution in [2.45, 2.75) is 0 Å². The van der Waals surface area contributed by atoms with Crippen LogP contribution in [0.2, 0.25) is 0 Å². The molecule has 0 saturated heterocycles. The molecule has 1 aromatic carbocycles. The third-order valence-corrected chi connectivity index (χ3v) is 2.73. The van der Waals surface area contributed by atoms with E-state index in [1.54, 1.807) is 23.1 Å². The average Bonchev–Trinajstić information content (AvgIpc) is 2.42. The largest absolute Gasteiger partial charge is 0.376 e. The predicted octanol–water partition coefficient (Wildman–Crippen LogP) is 2.68. The van der Waals surface area contributed by atoms with Crippen molar-refractivity contribution in [3.05, 3.63) is 53.9 Å². The van der Waals surface area contributed by atoms with E-state index in [9.17, 15) is 13.6 Å². The molecular formula is C14H13F2N3O. The average molecular weight is 277 g/mol. The van der Waals surface area contributed by atoms with Gasteiger partial charge in [0, 0.05) is 20.3 Å². The Morgan fingerprint density at radius 1 is 1.20 bits per heavy atom. The second kappa shape index (κ2) is 5.64. The molecule has 6 heteroatoms. The van der Waals surface area contributed by atoms with Gasteiger partial charge in [-0.25, -0.2) is 9.37 Å². The smallest absolute Gasteiger partial charge is 0.258 e. The summed E-state index contributed by atoms with van der Waals surface area (Å²) in [5.41, 5.74) is 0.890. The molecule has 1 N–H and O–H groups in total. The SMILES string of the molecule is CN(C)c1ccccc1NC(=O)c1ccnc(F)c1F. The second-order valence-corrected chi connectivity index (χ2v) is 4.33. The first kappa shape index (κ1) is 13.9. The summed E-state index contributed by atoms with van der Waals surface area (Å²) in [6.45, 7) is 0. The number of nitrogens with one attached hydrogen (secondary N) is 1. The lowest BCUT2D eigenvalue weighted by Crippen LogP contribution is -2.18. The maximum Gasteiger partial charge on any atom is 0.258 e. The third kappa shape index (κ3) is 2.74. The number of anilines is 2. The van der Waals surface area contributed by atoms with Crippen LogP contribution >= 0.6 is 0 Å². The molecule has 20 heavy (non-hydrogen) atoms. The van der Waals surface area contributed by atoms with Gasteiger partial charge in [-0.1, -0.05) is 12.1 Å². The highest BCUT2D eigenvalue weighted by atomic mass is 19.2. The van der Waals surface area contributed by atoms with Crippen LogP contribution in [0.5, 0.6) is 0 Å². The van der Waals surface area contributed by atoms with Crippen LogP contribution in [0.25, 0.3) is 0 Å². The monoisotopic (exact) mass is 277 g/mol. The lowest BCUT2D eigenvalue weighted by Gasteiger charge is -2.17. The molecule has 4 nitrogen and oxygen atoms in total. The first-order valence-electron chi connectivity index (χ1n) is 5.88. The van der Waals surface area contributed by atoms with Crippen LogP contribution in [0.4, 0.5) is 20.2 Å². The van der Waals surface area contributed by atoms with Crippen LogP contribution in [-0.2, 0) is 0 Å². The number of rotatable bonds is 3. The second-order valence-electron chi connectivity index (χ2n) is 4.33. The minimum atomic E-state index is -1.29. The molecule has 104 valence electrons. The van der Waals surface area contributed by atoms with E-state index in [2.05, 4.69) is 10.3 Å². The maximum absolute atomic E-state index is 13.5. The van der Waals surface area contributed by atoms with Crippen molar-refractivity contribution in [3.8, 4) is 0 Å². The summed E-state index contributed by atoms with van der Waals surface area (Å²) >= 11 is 0. The molecule has 0 aliphatic carbocycles. The van der Waals surface area contributed by atoms with E-state index < -0.39 is 17.7 Å². The van der Waals surface area contributed by atoms with Crippen molar-refractivity contribution < 1.29 is 13.6 Å².